The number of hydrogen-bond donors (Lipinski definition) is 0. The van der Waals surface area contributed by atoms with Gasteiger partial charge in [-0.1, -0.05) is 18.0 Å². The van der Waals surface area contributed by atoms with E-state index in [2.05, 4.69) is 5.18 Å². The maximum absolute atomic E-state index is 10.2. The molecule has 1 rings (SSSR count). The molecule has 1 aliphatic rings. The third-order valence-electron chi connectivity index (χ3n) is 2.34. The molecule has 1 saturated carbocycles. The van der Waals surface area contributed by atoms with Crippen LogP contribution in [0.1, 0.15) is 32.6 Å². The molecule has 10 heavy (non-hydrogen) atoms. The van der Waals surface area contributed by atoms with Crippen molar-refractivity contribution in [2.24, 2.45) is 5.18 Å². The minimum atomic E-state index is -0.304. The Balaban J connectivity index is 2.57. The summed E-state index contributed by atoms with van der Waals surface area (Å²) >= 11 is 6.13. The molecule has 0 aromatic carbocycles. The second kappa shape index (κ2) is 2.87. The number of nitroso groups, excluding NO2 is 1. The minimum Gasteiger partial charge on any atom is -0.150 e. The van der Waals surface area contributed by atoms with Gasteiger partial charge in [-0.25, -0.2) is 0 Å². The highest BCUT2D eigenvalue weighted by atomic mass is 35.5. The van der Waals surface area contributed by atoms with Gasteiger partial charge in [0.1, 0.15) is 6.04 Å². The van der Waals surface area contributed by atoms with Crippen LogP contribution in [0.3, 0.4) is 0 Å². The molecule has 1 fully saturated rings. The SMILES string of the molecule is CC(N=O)C1(Cl)CCCC1. The fourth-order valence-corrected chi connectivity index (χ4v) is 1.78. The zero-order valence-corrected chi connectivity index (χ0v) is 6.90. The van der Waals surface area contributed by atoms with Gasteiger partial charge >= 0.3 is 0 Å². The van der Waals surface area contributed by atoms with Crippen molar-refractivity contribution in [1.29, 1.82) is 0 Å². The Morgan fingerprint density at radius 1 is 1.50 bits per heavy atom. The number of hydrogen-bond acceptors (Lipinski definition) is 2. The highest BCUT2D eigenvalue weighted by Gasteiger charge is 2.37. The summed E-state index contributed by atoms with van der Waals surface area (Å²) in [5.41, 5.74) is 0. The predicted molar refractivity (Wildman–Crippen MR) is 42.3 cm³/mol. The van der Waals surface area contributed by atoms with E-state index in [1.165, 1.54) is 0 Å². The zero-order valence-electron chi connectivity index (χ0n) is 6.14. The van der Waals surface area contributed by atoms with Crippen molar-refractivity contribution in [3.05, 3.63) is 4.91 Å². The third kappa shape index (κ3) is 1.31. The van der Waals surface area contributed by atoms with Gasteiger partial charge < -0.3 is 0 Å². The molecule has 0 amide bonds. The molecule has 0 N–H and O–H groups in total. The molecule has 0 aromatic heterocycles. The van der Waals surface area contributed by atoms with Gasteiger partial charge in [-0.2, -0.15) is 4.91 Å². The molecule has 0 spiro atoms. The maximum Gasteiger partial charge on any atom is 0.108 e. The fourth-order valence-electron chi connectivity index (χ4n) is 1.47. The summed E-state index contributed by atoms with van der Waals surface area (Å²) in [6, 6.07) is -0.225. The van der Waals surface area contributed by atoms with Gasteiger partial charge in [0.25, 0.3) is 0 Å². The largest absolute Gasteiger partial charge is 0.150 e. The van der Waals surface area contributed by atoms with Gasteiger partial charge in [-0.3, -0.25) is 0 Å². The Labute approximate surface area is 65.9 Å². The Bertz CT molecular complexity index is 132. The van der Waals surface area contributed by atoms with Gasteiger partial charge in [0, 0.05) is 0 Å². The third-order valence-corrected chi connectivity index (χ3v) is 3.04. The van der Waals surface area contributed by atoms with E-state index in [4.69, 9.17) is 11.6 Å². The Hall–Kier alpha value is -0.110. The molecular formula is C7H12ClNO. The van der Waals surface area contributed by atoms with Crippen LogP contribution in [0.15, 0.2) is 5.18 Å². The van der Waals surface area contributed by atoms with Crippen LogP contribution in [0, 0.1) is 4.91 Å². The second-order valence-electron chi connectivity index (χ2n) is 3.02. The molecule has 2 nitrogen and oxygen atoms in total. The molecule has 1 atom stereocenters. The van der Waals surface area contributed by atoms with E-state index in [0.29, 0.717) is 0 Å². The van der Waals surface area contributed by atoms with Crippen LogP contribution in [0.4, 0.5) is 0 Å². The molecule has 1 unspecified atom stereocenters. The number of rotatable bonds is 2. The molecule has 0 bridgehead atoms. The standard InChI is InChI=1S/C7H12ClNO/c1-6(9-10)7(8)4-2-3-5-7/h6H,2-5H2,1H3. The van der Waals surface area contributed by atoms with Crippen LogP contribution in [-0.2, 0) is 0 Å². The van der Waals surface area contributed by atoms with Gasteiger partial charge in [0.15, 0.2) is 0 Å². The van der Waals surface area contributed by atoms with Crippen LogP contribution >= 0.6 is 11.6 Å². The van der Waals surface area contributed by atoms with Gasteiger partial charge in [0.2, 0.25) is 0 Å². The van der Waals surface area contributed by atoms with E-state index in [0.717, 1.165) is 25.7 Å². The quantitative estimate of drug-likeness (QED) is 0.452. The lowest BCUT2D eigenvalue weighted by atomic mass is 10.00. The monoisotopic (exact) mass is 161 g/mol. The maximum atomic E-state index is 10.2. The van der Waals surface area contributed by atoms with E-state index in [9.17, 15) is 4.91 Å². The topological polar surface area (TPSA) is 29.4 Å². The van der Waals surface area contributed by atoms with Gasteiger partial charge in [0.05, 0.1) is 4.87 Å². The molecule has 0 heterocycles. The molecule has 1 aliphatic carbocycles. The van der Waals surface area contributed by atoms with Gasteiger partial charge in [-0.05, 0) is 19.8 Å². The second-order valence-corrected chi connectivity index (χ2v) is 3.78. The molecule has 0 aliphatic heterocycles. The molecule has 0 aromatic rings. The van der Waals surface area contributed by atoms with Crippen molar-refractivity contribution in [3.63, 3.8) is 0 Å². The summed E-state index contributed by atoms with van der Waals surface area (Å²) < 4.78 is 0. The van der Waals surface area contributed by atoms with Crippen LogP contribution in [0.25, 0.3) is 0 Å². The van der Waals surface area contributed by atoms with Crippen LogP contribution in [0.2, 0.25) is 0 Å². The van der Waals surface area contributed by atoms with E-state index < -0.39 is 0 Å². The number of alkyl halides is 1. The van der Waals surface area contributed by atoms with Crippen LogP contribution in [0.5, 0.6) is 0 Å². The summed E-state index contributed by atoms with van der Waals surface area (Å²) in [6.45, 7) is 1.80. The summed E-state index contributed by atoms with van der Waals surface area (Å²) in [6.07, 6.45) is 4.18. The molecule has 0 radical (unpaired) electrons. The number of halogens is 1. The first-order valence-electron chi connectivity index (χ1n) is 3.70. The van der Waals surface area contributed by atoms with E-state index in [1.54, 1.807) is 6.92 Å². The first-order valence-corrected chi connectivity index (χ1v) is 4.08. The lowest BCUT2D eigenvalue weighted by Crippen LogP contribution is -2.29. The van der Waals surface area contributed by atoms with E-state index in [-0.39, 0.29) is 10.9 Å². The fraction of sp³-hybridized carbons (Fsp3) is 1.00. The minimum absolute atomic E-state index is 0.225. The average Bonchev–Trinajstić information content (AvgIpc) is 2.36. The normalized spacial score (nSPS) is 26.2. The van der Waals surface area contributed by atoms with Crippen LogP contribution < -0.4 is 0 Å². The summed E-state index contributed by atoms with van der Waals surface area (Å²) in [5.74, 6) is 0. The van der Waals surface area contributed by atoms with Crippen molar-refractivity contribution in [2.75, 3.05) is 0 Å². The Kier molecular flexibility index (Phi) is 2.29. The lowest BCUT2D eigenvalue weighted by Gasteiger charge is -2.22. The van der Waals surface area contributed by atoms with Crippen LogP contribution in [-0.4, -0.2) is 10.9 Å². The first kappa shape index (κ1) is 7.99. The average molecular weight is 162 g/mol. The first-order chi connectivity index (χ1) is 4.69. The van der Waals surface area contributed by atoms with Crippen molar-refractivity contribution < 1.29 is 0 Å². The van der Waals surface area contributed by atoms with E-state index >= 15 is 0 Å². The molecular weight excluding hydrogens is 150 g/mol. The summed E-state index contributed by atoms with van der Waals surface area (Å²) in [4.78, 5) is 9.86. The highest BCUT2D eigenvalue weighted by molar-refractivity contribution is 6.24. The molecule has 58 valence electrons. The molecule has 0 saturated heterocycles. The summed E-state index contributed by atoms with van der Waals surface area (Å²) in [5, 5.41) is 2.96. The van der Waals surface area contributed by atoms with Crippen molar-refractivity contribution in [3.8, 4) is 0 Å². The van der Waals surface area contributed by atoms with Gasteiger partial charge in [-0.15, -0.1) is 11.6 Å². The van der Waals surface area contributed by atoms with E-state index in [1.807, 2.05) is 0 Å². The molecule has 3 heteroatoms. The number of nitrogens with zero attached hydrogens (tertiary/aromatic N) is 1. The van der Waals surface area contributed by atoms with Crippen molar-refractivity contribution >= 4 is 11.6 Å². The smallest absolute Gasteiger partial charge is 0.108 e. The Morgan fingerprint density at radius 3 is 2.40 bits per heavy atom. The lowest BCUT2D eigenvalue weighted by molar-refractivity contribution is 0.496. The highest BCUT2D eigenvalue weighted by Crippen LogP contribution is 2.39. The zero-order chi connectivity index (χ0) is 7.61. The summed E-state index contributed by atoms with van der Waals surface area (Å²) in [7, 11) is 0. The Morgan fingerprint density at radius 2 is 2.00 bits per heavy atom. The predicted octanol–water partition coefficient (Wildman–Crippen LogP) is 2.69. The van der Waals surface area contributed by atoms with Crippen molar-refractivity contribution in [1.82, 2.24) is 0 Å². The van der Waals surface area contributed by atoms with Crippen molar-refractivity contribution in [2.45, 2.75) is 43.5 Å².